The fraction of sp³-hybridized carbons (Fsp3) is 1.00. The van der Waals surface area contributed by atoms with Crippen molar-refractivity contribution in [1.29, 1.82) is 0 Å². The minimum absolute atomic E-state index is 0.000752. The van der Waals surface area contributed by atoms with E-state index in [1.807, 2.05) is 6.92 Å². The van der Waals surface area contributed by atoms with E-state index >= 15 is 0 Å². The van der Waals surface area contributed by atoms with Gasteiger partial charge in [0.2, 0.25) is 10.0 Å². The molecule has 0 heterocycles. The predicted molar refractivity (Wildman–Crippen MR) is 91.2 cm³/mol. The van der Waals surface area contributed by atoms with Crippen molar-refractivity contribution < 1.29 is 8.42 Å². The Balaban J connectivity index is 4.08. The molecule has 0 aromatic carbocycles. The molecule has 0 bridgehead atoms. The summed E-state index contributed by atoms with van der Waals surface area (Å²) in [7, 11) is -3.23. The summed E-state index contributed by atoms with van der Waals surface area (Å²) in [6.45, 7) is 14.6. The second-order valence-electron chi connectivity index (χ2n) is 5.75. The summed E-state index contributed by atoms with van der Waals surface area (Å²) in [5.41, 5.74) is 0. The molecule has 0 aliphatic heterocycles. The zero-order valence-electron chi connectivity index (χ0n) is 14.5. The molecule has 0 fully saturated rings. The number of nitrogens with zero attached hydrogens (tertiary/aromatic N) is 1. The van der Waals surface area contributed by atoms with Crippen molar-refractivity contribution in [3.8, 4) is 0 Å². The molecule has 0 amide bonds. The van der Waals surface area contributed by atoms with E-state index in [1.54, 1.807) is 6.92 Å². The van der Waals surface area contributed by atoms with Crippen LogP contribution in [0.3, 0.4) is 0 Å². The first kappa shape index (κ1) is 20.8. The second-order valence-corrected chi connectivity index (χ2v) is 7.88. The summed E-state index contributed by atoms with van der Waals surface area (Å²) in [5, 5.41) is 2.77. The average molecular weight is 322 g/mol. The summed E-state index contributed by atoms with van der Waals surface area (Å²) in [5.74, 6) is 0. The molecule has 0 aromatic heterocycles. The molecule has 2 unspecified atom stereocenters. The van der Waals surface area contributed by atoms with Crippen LogP contribution in [0.15, 0.2) is 0 Å². The van der Waals surface area contributed by atoms with Crippen LogP contribution in [-0.4, -0.2) is 57.3 Å². The largest absolute Gasteiger partial charge is 0.315 e. The lowest BCUT2D eigenvalue weighted by atomic mass is 10.2. The van der Waals surface area contributed by atoms with Gasteiger partial charge in [0, 0.05) is 12.6 Å². The first-order valence-electron chi connectivity index (χ1n) is 8.31. The molecule has 2 atom stereocenters. The molecule has 0 aromatic rings. The molecule has 0 saturated heterocycles. The molecule has 0 saturated carbocycles. The van der Waals surface area contributed by atoms with Crippen LogP contribution in [-0.2, 0) is 10.0 Å². The van der Waals surface area contributed by atoms with Crippen molar-refractivity contribution in [3.05, 3.63) is 0 Å². The highest BCUT2D eigenvalue weighted by molar-refractivity contribution is 7.90. The van der Waals surface area contributed by atoms with Crippen LogP contribution in [0.1, 0.15) is 53.9 Å². The first-order valence-corrected chi connectivity index (χ1v) is 9.86. The molecule has 6 heteroatoms. The molecule has 0 aliphatic carbocycles. The molecule has 2 N–H and O–H groups in total. The summed E-state index contributed by atoms with van der Waals surface area (Å²) in [4.78, 5) is 2.36. The maximum atomic E-state index is 12.2. The van der Waals surface area contributed by atoms with Gasteiger partial charge in [-0.2, -0.15) is 0 Å². The van der Waals surface area contributed by atoms with Gasteiger partial charge in [-0.25, -0.2) is 13.1 Å². The van der Waals surface area contributed by atoms with Gasteiger partial charge in [-0.1, -0.05) is 20.8 Å². The van der Waals surface area contributed by atoms with Crippen molar-refractivity contribution in [2.75, 3.05) is 32.7 Å². The average Bonchev–Trinajstić information content (AvgIpc) is 2.43. The molecule has 21 heavy (non-hydrogen) atoms. The van der Waals surface area contributed by atoms with Gasteiger partial charge in [-0.3, -0.25) is 0 Å². The Labute approximate surface area is 131 Å². The Morgan fingerprint density at radius 2 is 1.71 bits per heavy atom. The Hall–Kier alpha value is -0.170. The van der Waals surface area contributed by atoms with Crippen LogP contribution < -0.4 is 10.0 Å². The fourth-order valence-corrected chi connectivity index (χ4v) is 3.46. The van der Waals surface area contributed by atoms with E-state index in [-0.39, 0.29) is 6.04 Å². The third kappa shape index (κ3) is 9.45. The van der Waals surface area contributed by atoms with Gasteiger partial charge in [-0.15, -0.1) is 0 Å². The minimum Gasteiger partial charge on any atom is -0.315 e. The smallest absolute Gasteiger partial charge is 0.215 e. The van der Waals surface area contributed by atoms with Crippen LogP contribution in [0.25, 0.3) is 0 Å². The topological polar surface area (TPSA) is 61.4 Å². The Bertz CT molecular complexity index is 343. The molecular weight excluding hydrogens is 286 g/mol. The van der Waals surface area contributed by atoms with E-state index in [1.165, 1.54) is 0 Å². The Morgan fingerprint density at radius 3 is 2.24 bits per heavy atom. The molecule has 128 valence electrons. The van der Waals surface area contributed by atoms with Crippen LogP contribution >= 0.6 is 0 Å². The standard InChI is InChI=1S/C15H35N3O2S/c1-6-11-16-13-15(5)21(19,20)17-14(4)10-9-12-18(7-2)8-3/h14-17H,6-13H2,1-5H3. The van der Waals surface area contributed by atoms with E-state index in [4.69, 9.17) is 0 Å². The van der Waals surface area contributed by atoms with Gasteiger partial charge in [0.15, 0.2) is 0 Å². The number of nitrogens with one attached hydrogen (secondary N) is 2. The lowest BCUT2D eigenvalue weighted by molar-refractivity contribution is 0.293. The van der Waals surface area contributed by atoms with Crippen LogP contribution in [0.2, 0.25) is 0 Å². The van der Waals surface area contributed by atoms with Gasteiger partial charge in [0.25, 0.3) is 0 Å². The number of hydrogen-bond acceptors (Lipinski definition) is 4. The van der Waals surface area contributed by atoms with Crippen molar-refractivity contribution in [2.24, 2.45) is 0 Å². The SMILES string of the molecule is CCCNCC(C)S(=O)(=O)NC(C)CCCN(CC)CC. The van der Waals surface area contributed by atoms with Crippen molar-refractivity contribution >= 4 is 10.0 Å². The lowest BCUT2D eigenvalue weighted by Crippen LogP contribution is -2.43. The van der Waals surface area contributed by atoms with Gasteiger partial charge < -0.3 is 10.2 Å². The number of sulfonamides is 1. The van der Waals surface area contributed by atoms with E-state index in [9.17, 15) is 8.42 Å². The number of hydrogen-bond donors (Lipinski definition) is 2. The maximum Gasteiger partial charge on any atom is 0.215 e. The fourth-order valence-electron chi connectivity index (χ4n) is 2.21. The predicted octanol–water partition coefficient (Wildman–Crippen LogP) is 1.80. The van der Waals surface area contributed by atoms with Gasteiger partial charge in [0.1, 0.15) is 0 Å². The van der Waals surface area contributed by atoms with E-state index in [0.29, 0.717) is 6.54 Å². The summed E-state index contributed by atoms with van der Waals surface area (Å²) >= 11 is 0. The maximum absolute atomic E-state index is 12.2. The molecule has 0 aliphatic rings. The van der Waals surface area contributed by atoms with Crippen molar-refractivity contribution in [2.45, 2.75) is 65.2 Å². The highest BCUT2D eigenvalue weighted by Gasteiger charge is 2.22. The summed E-state index contributed by atoms with van der Waals surface area (Å²) < 4.78 is 27.2. The number of rotatable bonds is 13. The molecule has 5 nitrogen and oxygen atoms in total. The van der Waals surface area contributed by atoms with Gasteiger partial charge >= 0.3 is 0 Å². The summed E-state index contributed by atoms with van der Waals surface area (Å²) in [6.07, 6.45) is 2.92. The van der Waals surface area contributed by atoms with E-state index in [0.717, 1.165) is 45.4 Å². The highest BCUT2D eigenvalue weighted by atomic mass is 32.2. The molecule has 0 radical (unpaired) electrons. The minimum atomic E-state index is -3.23. The second kappa shape index (κ2) is 11.4. The monoisotopic (exact) mass is 321 g/mol. The van der Waals surface area contributed by atoms with Crippen LogP contribution in [0.4, 0.5) is 0 Å². The van der Waals surface area contributed by atoms with Gasteiger partial charge in [-0.05, 0) is 59.3 Å². The van der Waals surface area contributed by atoms with Gasteiger partial charge in [0.05, 0.1) is 5.25 Å². The third-order valence-corrected chi connectivity index (χ3v) is 5.72. The molecule has 0 spiro atoms. The Kier molecular flexibility index (Phi) is 11.3. The van der Waals surface area contributed by atoms with Crippen molar-refractivity contribution in [3.63, 3.8) is 0 Å². The zero-order valence-corrected chi connectivity index (χ0v) is 15.3. The van der Waals surface area contributed by atoms with Crippen molar-refractivity contribution in [1.82, 2.24) is 14.9 Å². The molecule has 0 rings (SSSR count). The Morgan fingerprint density at radius 1 is 1.10 bits per heavy atom. The zero-order chi connectivity index (χ0) is 16.3. The van der Waals surface area contributed by atoms with Crippen LogP contribution in [0, 0.1) is 0 Å². The molecular formula is C15H35N3O2S. The third-order valence-electron chi connectivity index (χ3n) is 3.76. The highest BCUT2D eigenvalue weighted by Crippen LogP contribution is 2.04. The lowest BCUT2D eigenvalue weighted by Gasteiger charge is -2.21. The quantitative estimate of drug-likeness (QED) is 0.508. The van der Waals surface area contributed by atoms with E-state index < -0.39 is 15.3 Å². The van der Waals surface area contributed by atoms with E-state index in [2.05, 4.69) is 35.7 Å². The normalized spacial score (nSPS) is 15.3. The van der Waals surface area contributed by atoms with Crippen LogP contribution in [0.5, 0.6) is 0 Å². The first-order chi connectivity index (χ1) is 9.87. The summed E-state index contributed by atoms with van der Waals surface area (Å²) in [6, 6.07) is -0.000752.